The van der Waals surface area contributed by atoms with Crippen LogP contribution in [0.5, 0.6) is 0 Å². The molecule has 1 aromatic rings. The van der Waals surface area contributed by atoms with Crippen LogP contribution in [-0.4, -0.2) is 10.2 Å². The summed E-state index contributed by atoms with van der Waals surface area (Å²) in [7, 11) is 0. The number of hydrogen-bond donors (Lipinski definition) is 1. The lowest BCUT2D eigenvalue weighted by molar-refractivity contribution is 0.970. The zero-order valence-corrected chi connectivity index (χ0v) is 7.33. The third kappa shape index (κ3) is 1.20. The van der Waals surface area contributed by atoms with E-state index in [2.05, 4.69) is 42.3 Å². The summed E-state index contributed by atoms with van der Waals surface area (Å²) in [6.07, 6.45) is 8.45. The van der Waals surface area contributed by atoms with E-state index in [0.717, 1.165) is 5.35 Å². The zero-order chi connectivity index (χ0) is 8.55. The zero-order valence-electron chi connectivity index (χ0n) is 7.33. The molecule has 0 saturated carbocycles. The van der Waals surface area contributed by atoms with E-state index in [1.54, 1.807) is 0 Å². The molecule has 0 spiro atoms. The largest absolute Gasteiger partial charge is 0.278 e. The maximum atomic E-state index is 4.00. The van der Waals surface area contributed by atoms with Crippen LogP contribution >= 0.6 is 0 Å². The first-order valence-corrected chi connectivity index (χ1v) is 4.17. The third-order valence-corrected chi connectivity index (χ3v) is 2.04. The molecule has 1 unspecified atom stereocenters. The number of fused-ring (bicyclic) bond motifs is 1. The summed E-state index contributed by atoms with van der Waals surface area (Å²) in [6, 6.07) is 0. The average molecular weight is 160 g/mol. The molecule has 2 rings (SSSR count). The Morgan fingerprint density at radius 1 is 1.42 bits per heavy atom. The highest BCUT2D eigenvalue weighted by atomic mass is 15.1. The molecule has 12 heavy (non-hydrogen) atoms. The molecule has 1 aliphatic carbocycles. The fourth-order valence-electron chi connectivity index (χ4n) is 1.57. The van der Waals surface area contributed by atoms with Crippen molar-refractivity contribution in [1.29, 1.82) is 0 Å². The van der Waals surface area contributed by atoms with Gasteiger partial charge < -0.3 is 0 Å². The normalized spacial score (nSPS) is 21.5. The van der Waals surface area contributed by atoms with Crippen LogP contribution in [0.3, 0.4) is 0 Å². The van der Waals surface area contributed by atoms with Crippen LogP contribution in [0.4, 0.5) is 0 Å². The van der Waals surface area contributed by atoms with Crippen molar-refractivity contribution < 1.29 is 0 Å². The van der Waals surface area contributed by atoms with E-state index in [0.29, 0.717) is 5.92 Å². The van der Waals surface area contributed by atoms with Crippen molar-refractivity contribution in [3.8, 4) is 0 Å². The standard InChI is InChI=1S/C10H12N2/c1-7-3-8(2)5-10-9(4-7)6-11-12-10/h3-6,8,12H,1-2H3. The SMILES string of the molecule is CC1=CC(C)C=c2[nH]ncc2=C1. The van der Waals surface area contributed by atoms with Crippen LogP contribution in [0.15, 0.2) is 17.8 Å². The molecule has 0 bridgehead atoms. The first kappa shape index (κ1) is 7.35. The van der Waals surface area contributed by atoms with Gasteiger partial charge in [0.2, 0.25) is 0 Å². The van der Waals surface area contributed by atoms with Crippen LogP contribution in [0, 0.1) is 5.92 Å². The molecule has 1 aliphatic rings. The lowest BCUT2D eigenvalue weighted by Gasteiger charge is -1.95. The van der Waals surface area contributed by atoms with Gasteiger partial charge in [-0.25, -0.2) is 0 Å². The molecule has 1 aromatic heterocycles. The second-order valence-corrected chi connectivity index (χ2v) is 3.32. The quantitative estimate of drug-likeness (QED) is 0.590. The van der Waals surface area contributed by atoms with E-state index in [-0.39, 0.29) is 0 Å². The van der Waals surface area contributed by atoms with Crippen LogP contribution < -0.4 is 10.6 Å². The number of allylic oxidation sites excluding steroid dienone is 2. The van der Waals surface area contributed by atoms with Crippen LogP contribution in [0.25, 0.3) is 12.2 Å². The maximum Gasteiger partial charge on any atom is 0.0616 e. The summed E-state index contributed by atoms with van der Waals surface area (Å²) in [5, 5.41) is 9.30. The second kappa shape index (κ2) is 2.63. The molecule has 2 heteroatoms. The number of nitrogens with one attached hydrogen (secondary N) is 1. The van der Waals surface area contributed by atoms with Gasteiger partial charge in [0.1, 0.15) is 0 Å². The van der Waals surface area contributed by atoms with Crippen molar-refractivity contribution in [2.24, 2.45) is 5.92 Å². The summed E-state index contributed by atoms with van der Waals surface area (Å²) >= 11 is 0. The molecule has 0 radical (unpaired) electrons. The fraction of sp³-hybridized carbons (Fsp3) is 0.300. The van der Waals surface area contributed by atoms with E-state index in [1.165, 1.54) is 10.8 Å². The van der Waals surface area contributed by atoms with Gasteiger partial charge in [-0.2, -0.15) is 5.10 Å². The van der Waals surface area contributed by atoms with E-state index in [1.807, 2.05) is 6.20 Å². The number of rotatable bonds is 0. The topological polar surface area (TPSA) is 28.7 Å². The Balaban J connectivity index is 2.74. The molecule has 0 aromatic carbocycles. The predicted molar refractivity (Wildman–Crippen MR) is 49.7 cm³/mol. The van der Waals surface area contributed by atoms with Gasteiger partial charge in [-0.15, -0.1) is 0 Å². The van der Waals surface area contributed by atoms with Gasteiger partial charge in [-0.3, -0.25) is 5.10 Å². The van der Waals surface area contributed by atoms with E-state index >= 15 is 0 Å². The highest BCUT2D eigenvalue weighted by molar-refractivity contribution is 5.49. The Morgan fingerprint density at radius 3 is 3.08 bits per heavy atom. The van der Waals surface area contributed by atoms with Crippen molar-refractivity contribution in [3.63, 3.8) is 0 Å². The maximum absolute atomic E-state index is 4.00. The predicted octanol–water partition coefficient (Wildman–Crippen LogP) is 0.567. The Labute approximate surface area is 71.3 Å². The van der Waals surface area contributed by atoms with E-state index in [4.69, 9.17) is 0 Å². The lowest BCUT2D eigenvalue weighted by Crippen LogP contribution is -2.22. The second-order valence-electron chi connectivity index (χ2n) is 3.32. The third-order valence-electron chi connectivity index (χ3n) is 2.04. The summed E-state index contributed by atoms with van der Waals surface area (Å²) in [5.41, 5.74) is 1.30. The molecular formula is C10H12N2. The summed E-state index contributed by atoms with van der Waals surface area (Å²) < 4.78 is 0. The van der Waals surface area contributed by atoms with E-state index in [9.17, 15) is 0 Å². The van der Waals surface area contributed by atoms with Gasteiger partial charge in [0.25, 0.3) is 0 Å². The number of aromatic nitrogens is 2. The van der Waals surface area contributed by atoms with Gasteiger partial charge in [-0.05, 0) is 18.9 Å². The smallest absolute Gasteiger partial charge is 0.0616 e. The molecule has 0 aliphatic heterocycles. The number of aromatic amines is 1. The summed E-state index contributed by atoms with van der Waals surface area (Å²) in [6.45, 7) is 4.29. The minimum absolute atomic E-state index is 0.489. The van der Waals surface area contributed by atoms with Gasteiger partial charge >= 0.3 is 0 Å². The number of nitrogens with zero attached hydrogens (tertiary/aromatic N) is 1. The monoisotopic (exact) mass is 160 g/mol. The molecule has 0 saturated heterocycles. The fourth-order valence-corrected chi connectivity index (χ4v) is 1.57. The van der Waals surface area contributed by atoms with Gasteiger partial charge in [0, 0.05) is 5.22 Å². The highest BCUT2D eigenvalue weighted by Gasteiger charge is 1.99. The molecular weight excluding hydrogens is 148 g/mol. The number of hydrogen-bond acceptors (Lipinski definition) is 1. The lowest BCUT2D eigenvalue weighted by atomic mass is 10.1. The van der Waals surface area contributed by atoms with E-state index < -0.39 is 0 Å². The molecule has 62 valence electrons. The van der Waals surface area contributed by atoms with Crippen LogP contribution in [0.2, 0.25) is 0 Å². The van der Waals surface area contributed by atoms with Crippen molar-refractivity contribution in [2.75, 3.05) is 0 Å². The number of H-pyrrole nitrogens is 1. The van der Waals surface area contributed by atoms with Gasteiger partial charge in [-0.1, -0.05) is 24.6 Å². The molecule has 1 atom stereocenters. The first-order valence-electron chi connectivity index (χ1n) is 4.17. The van der Waals surface area contributed by atoms with Crippen LogP contribution in [-0.2, 0) is 0 Å². The van der Waals surface area contributed by atoms with Gasteiger partial charge in [0.05, 0.1) is 11.5 Å². The van der Waals surface area contributed by atoms with Crippen molar-refractivity contribution in [3.05, 3.63) is 28.4 Å². The Bertz CT molecular complexity index is 423. The minimum atomic E-state index is 0.489. The van der Waals surface area contributed by atoms with Crippen molar-refractivity contribution in [2.45, 2.75) is 13.8 Å². The highest BCUT2D eigenvalue weighted by Crippen LogP contribution is 2.06. The minimum Gasteiger partial charge on any atom is -0.278 e. The molecule has 1 heterocycles. The average Bonchev–Trinajstić information content (AvgIpc) is 2.31. The molecule has 1 N–H and O–H groups in total. The first-order chi connectivity index (χ1) is 5.75. The Kier molecular flexibility index (Phi) is 1.61. The van der Waals surface area contributed by atoms with Crippen LogP contribution in [0.1, 0.15) is 13.8 Å². The molecule has 2 nitrogen and oxygen atoms in total. The Morgan fingerprint density at radius 2 is 2.25 bits per heavy atom. The summed E-state index contributed by atoms with van der Waals surface area (Å²) in [5.74, 6) is 0.489. The molecule has 0 amide bonds. The van der Waals surface area contributed by atoms with Crippen molar-refractivity contribution in [1.82, 2.24) is 10.2 Å². The van der Waals surface area contributed by atoms with Gasteiger partial charge in [0.15, 0.2) is 0 Å². The Hall–Kier alpha value is -1.31. The summed E-state index contributed by atoms with van der Waals surface area (Å²) in [4.78, 5) is 0. The molecule has 0 fully saturated rings. The van der Waals surface area contributed by atoms with Crippen molar-refractivity contribution >= 4 is 12.2 Å².